The van der Waals surface area contributed by atoms with Crippen LogP contribution in [-0.4, -0.2) is 44.3 Å². The minimum atomic E-state index is -0.697. The maximum atomic E-state index is 12.3. The summed E-state index contributed by atoms with van der Waals surface area (Å²) in [4.78, 5) is 36.3. The molecule has 180 valence electrons. The highest BCUT2D eigenvalue weighted by molar-refractivity contribution is 6.05. The number of fused-ring (bicyclic) bond motifs is 1. The van der Waals surface area contributed by atoms with E-state index < -0.39 is 18.5 Å². The van der Waals surface area contributed by atoms with Gasteiger partial charge in [-0.2, -0.15) is 0 Å². The molecule has 1 amide bonds. The first kappa shape index (κ1) is 24.6. The molecule has 0 atom stereocenters. The van der Waals surface area contributed by atoms with Gasteiger partial charge >= 0.3 is 5.97 Å². The van der Waals surface area contributed by atoms with Crippen molar-refractivity contribution in [3.05, 3.63) is 47.5 Å². The van der Waals surface area contributed by atoms with Gasteiger partial charge in [0, 0.05) is 17.7 Å². The van der Waals surface area contributed by atoms with Crippen molar-refractivity contribution in [3.63, 3.8) is 0 Å². The Hall–Kier alpha value is -4.01. The van der Waals surface area contributed by atoms with Gasteiger partial charge in [0.2, 0.25) is 6.79 Å². The number of rotatable bonds is 11. The Bertz CT molecular complexity index is 1090. The van der Waals surface area contributed by atoms with Crippen LogP contribution in [0, 0.1) is 0 Å². The topological polar surface area (TPSA) is 109 Å². The molecule has 1 heterocycles. The fourth-order valence-electron chi connectivity index (χ4n) is 3.10. The summed E-state index contributed by atoms with van der Waals surface area (Å²) in [5, 5.41) is 2.57. The number of amides is 1. The third kappa shape index (κ3) is 6.50. The number of nitrogens with one attached hydrogen (secondary N) is 1. The first-order chi connectivity index (χ1) is 16.4. The maximum absolute atomic E-state index is 12.3. The van der Waals surface area contributed by atoms with Crippen LogP contribution in [0.2, 0.25) is 0 Å². The van der Waals surface area contributed by atoms with Gasteiger partial charge < -0.3 is 29.0 Å². The molecule has 0 saturated carbocycles. The van der Waals surface area contributed by atoms with Gasteiger partial charge in [0.25, 0.3) is 5.91 Å². The Labute approximate surface area is 197 Å². The zero-order valence-electron chi connectivity index (χ0n) is 19.3. The summed E-state index contributed by atoms with van der Waals surface area (Å²) in [6.45, 7) is 5.82. The van der Waals surface area contributed by atoms with Crippen LogP contribution >= 0.6 is 0 Å². The molecule has 9 nitrogen and oxygen atoms in total. The van der Waals surface area contributed by atoms with E-state index in [0.29, 0.717) is 41.8 Å². The molecule has 34 heavy (non-hydrogen) atoms. The second-order valence-electron chi connectivity index (χ2n) is 7.28. The van der Waals surface area contributed by atoms with Crippen LogP contribution in [-0.2, 0) is 14.3 Å². The normalized spacial score (nSPS) is 11.9. The first-order valence-corrected chi connectivity index (χ1v) is 10.9. The van der Waals surface area contributed by atoms with Gasteiger partial charge in [-0.15, -0.1) is 0 Å². The number of esters is 1. The molecule has 1 aliphatic rings. The summed E-state index contributed by atoms with van der Waals surface area (Å²) in [6, 6.07) is 8.32. The van der Waals surface area contributed by atoms with Crippen LogP contribution in [0.4, 0.5) is 5.69 Å². The fraction of sp³-hybridized carbons (Fsp3) is 0.320. The molecule has 0 aromatic heterocycles. The summed E-state index contributed by atoms with van der Waals surface area (Å²) >= 11 is 0. The predicted octanol–water partition coefficient (Wildman–Crippen LogP) is 4.00. The molecule has 1 aliphatic heterocycles. The van der Waals surface area contributed by atoms with Gasteiger partial charge in [-0.25, -0.2) is 4.79 Å². The second kappa shape index (κ2) is 11.7. The van der Waals surface area contributed by atoms with E-state index in [2.05, 4.69) is 5.32 Å². The van der Waals surface area contributed by atoms with Gasteiger partial charge in [-0.3, -0.25) is 9.59 Å². The average molecular weight is 469 g/mol. The van der Waals surface area contributed by atoms with Gasteiger partial charge in [0.1, 0.15) is 0 Å². The Balaban J connectivity index is 1.57. The average Bonchev–Trinajstić information content (AvgIpc) is 3.28. The van der Waals surface area contributed by atoms with Crippen LogP contribution in [0.15, 0.2) is 36.4 Å². The number of carbonyl (C=O) groups is 3. The van der Waals surface area contributed by atoms with Crippen molar-refractivity contribution in [1.82, 2.24) is 0 Å². The fourth-order valence-corrected chi connectivity index (χ4v) is 3.10. The molecule has 0 unspecified atom stereocenters. The molecular weight excluding hydrogens is 442 g/mol. The summed E-state index contributed by atoms with van der Waals surface area (Å²) in [5.41, 5.74) is 1.22. The number of ketones is 1. The van der Waals surface area contributed by atoms with Crippen molar-refractivity contribution in [2.24, 2.45) is 0 Å². The molecule has 9 heteroatoms. The van der Waals surface area contributed by atoms with Crippen LogP contribution in [0.3, 0.4) is 0 Å². The molecule has 2 aromatic rings. The van der Waals surface area contributed by atoms with E-state index >= 15 is 0 Å². The zero-order chi connectivity index (χ0) is 24.5. The van der Waals surface area contributed by atoms with Crippen molar-refractivity contribution < 1.29 is 38.1 Å². The summed E-state index contributed by atoms with van der Waals surface area (Å²) in [5.74, 6) is 0.501. The Kier molecular flexibility index (Phi) is 8.50. The highest BCUT2D eigenvalue weighted by Gasteiger charge is 2.20. The number of carbonyl (C=O) groups excluding carboxylic acids is 3. The van der Waals surface area contributed by atoms with E-state index in [0.717, 1.165) is 6.42 Å². The van der Waals surface area contributed by atoms with Crippen molar-refractivity contribution in [1.29, 1.82) is 0 Å². The predicted molar refractivity (Wildman–Crippen MR) is 125 cm³/mol. The molecule has 0 aliphatic carbocycles. The number of hydrogen-bond acceptors (Lipinski definition) is 8. The lowest BCUT2D eigenvalue weighted by Gasteiger charge is -2.12. The van der Waals surface area contributed by atoms with Crippen LogP contribution in [0.1, 0.15) is 43.1 Å². The van der Waals surface area contributed by atoms with E-state index in [1.165, 1.54) is 25.1 Å². The molecule has 0 fully saturated rings. The van der Waals surface area contributed by atoms with Crippen LogP contribution < -0.4 is 24.3 Å². The minimum absolute atomic E-state index is 0.0363. The minimum Gasteiger partial charge on any atom is -0.490 e. The molecule has 2 aromatic carbocycles. The third-order valence-electron chi connectivity index (χ3n) is 4.65. The Morgan fingerprint density at radius 3 is 2.50 bits per heavy atom. The number of anilines is 1. The molecule has 0 bridgehead atoms. The summed E-state index contributed by atoms with van der Waals surface area (Å²) in [7, 11) is 0. The van der Waals surface area contributed by atoms with Crippen molar-refractivity contribution in [2.75, 3.05) is 31.9 Å². The molecule has 1 N–H and O–H groups in total. The number of hydrogen-bond donors (Lipinski definition) is 1. The van der Waals surface area contributed by atoms with E-state index in [4.69, 9.17) is 23.7 Å². The monoisotopic (exact) mass is 469 g/mol. The van der Waals surface area contributed by atoms with Crippen molar-refractivity contribution in [3.8, 4) is 23.0 Å². The SMILES string of the molecule is CCCOc1ccc(/C=C/C(=O)OCC(=O)Nc2cc3c(cc2C(C)=O)OCO3)cc1OCC. The Morgan fingerprint density at radius 1 is 1.03 bits per heavy atom. The molecule has 0 saturated heterocycles. The van der Waals surface area contributed by atoms with Crippen molar-refractivity contribution in [2.45, 2.75) is 27.2 Å². The second-order valence-corrected chi connectivity index (χ2v) is 7.28. The maximum Gasteiger partial charge on any atom is 0.331 e. The van der Waals surface area contributed by atoms with E-state index in [1.54, 1.807) is 24.3 Å². The first-order valence-electron chi connectivity index (χ1n) is 10.9. The zero-order valence-corrected chi connectivity index (χ0v) is 19.3. The molecule has 0 radical (unpaired) electrons. The van der Waals surface area contributed by atoms with E-state index in [1.807, 2.05) is 13.8 Å². The smallest absolute Gasteiger partial charge is 0.331 e. The van der Waals surface area contributed by atoms with Gasteiger partial charge in [-0.05, 0) is 50.1 Å². The van der Waals surface area contributed by atoms with Gasteiger partial charge in [0.15, 0.2) is 35.4 Å². The van der Waals surface area contributed by atoms with Gasteiger partial charge in [-0.1, -0.05) is 13.0 Å². The van der Waals surface area contributed by atoms with Crippen molar-refractivity contribution >= 4 is 29.4 Å². The van der Waals surface area contributed by atoms with Gasteiger partial charge in [0.05, 0.1) is 18.9 Å². The van der Waals surface area contributed by atoms with E-state index in [-0.39, 0.29) is 23.8 Å². The number of Topliss-reactive ketones (excluding diaryl/α,β-unsaturated/α-hetero) is 1. The number of benzene rings is 2. The molecule has 3 rings (SSSR count). The molecular formula is C25H27NO8. The molecule has 0 spiro atoms. The highest BCUT2D eigenvalue weighted by Crippen LogP contribution is 2.37. The Morgan fingerprint density at radius 2 is 1.79 bits per heavy atom. The van der Waals surface area contributed by atoms with E-state index in [9.17, 15) is 14.4 Å². The summed E-state index contributed by atoms with van der Waals surface area (Å²) < 4.78 is 26.8. The van der Waals surface area contributed by atoms with Crippen LogP contribution in [0.5, 0.6) is 23.0 Å². The lowest BCUT2D eigenvalue weighted by atomic mass is 10.1. The third-order valence-corrected chi connectivity index (χ3v) is 4.65. The largest absolute Gasteiger partial charge is 0.490 e. The standard InChI is InChI=1S/C25H27NO8/c1-4-10-31-20-8-6-17(11-21(20)30-5-2)7-9-25(29)32-14-24(28)26-19-13-23-22(33-15-34-23)12-18(19)16(3)27/h6-9,11-13H,4-5,10,14-15H2,1-3H3,(H,26,28)/b9-7+. The lowest BCUT2D eigenvalue weighted by molar-refractivity contribution is -0.142. The summed E-state index contributed by atoms with van der Waals surface area (Å²) in [6.07, 6.45) is 3.64. The van der Waals surface area contributed by atoms with Crippen LogP contribution in [0.25, 0.3) is 6.08 Å². The number of ether oxygens (including phenoxy) is 5. The lowest BCUT2D eigenvalue weighted by Crippen LogP contribution is -2.21. The quantitative estimate of drug-likeness (QED) is 0.299. The highest BCUT2D eigenvalue weighted by atomic mass is 16.7.